The van der Waals surface area contributed by atoms with E-state index < -0.39 is 0 Å². The summed E-state index contributed by atoms with van der Waals surface area (Å²) in [6.45, 7) is 6.02. The molecule has 2 rings (SSSR count). The summed E-state index contributed by atoms with van der Waals surface area (Å²) in [6, 6.07) is 3.26. The summed E-state index contributed by atoms with van der Waals surface area (Å²) in [7, 11) is 0. The Balaban J connectivity index is 2.74. The normalized spacial score (nSPS) is 12.3. The van der Waals surface area contributed by atoms with Gasteiger partial charge in [-0.1, -0.05) is 25.9 Å². The summed E-state index contributed by atoms with van der Waals surface area (Å²) in [5, 5.41) is 3.81. The summed E-state index contributed by atoms with van der Waals surface area (Å²) >= 11 is 0. The van der Waals surface area contributed by atoms with Crippen molar-refractivity contribution >= 4 is 16.8 Å². The average Bonchev–Trinajstić information content (AvgIpc) is 2.46. The van der Waals surface area contributed by atoms with E-state index in [0.717, 1.165) is 5.56 Å². The van der Waals surface area contributed by atoms with Gasteiger partial charge in [0.15, 0.2) is 11.4 Å². The van der Waals surface area contributed by atoms with Gasteiger partial charge in [0.05, 0.1) is 0 Å². The minimum atomic E-state index is -0.379. The highest BCUT2D eigenvalue weighted by Gasteiger charge is 2.19. The van der Waals surface area contributed by atoms with Gasteiger partial charge in [0.25, 0.3) is 0 Å². The molecule has 1 aromatic carbocycles. The molecule has 0 bridgehead atoms. The van der Waals surface area contributed by atoms with Crippen molar-refractivity contribution in [2.45, 2.75) is 26.2 Å². The Labute approximate surface area is 87.0 Å². The summed E-state index contributed by atoms with van der Waals surface area (Å²) in [4.78, 5) is 0. The molecule has 0 saturated carbocycles. The maximum atomic E-state index is 13.7. The summed E-state index contributed by atoms with van der Waals surface area (Å²) in [6.07, 6.45) is 0. The molecule has 3 nitrogen and oxygen atoms in total. The second-order valence-electron chi connectivity index (χ2n) is 4.65. The van der Waals surface area contributed by atoms with Gasteiger partial charge in [-0.3, -0.25) is 0 Å². The summed E-state index contributed by atoms with van der Waals surface area (Å²) in [5.41, 5.74) is 6.63. The van der Waals surface area contributed by atoms with Crippen molar-refractivity contribution in [2.24, 2.45) is 0 Å². The van der Waals surface area contributed by atoms with Gasteiger partial charge in [-0.2, -0.15) is 0 Å². The SMILES string of the molecule is CC(C)(C)c1cc(F)c2c(N)noc2c1. The van der Waals surface area contributed by atoms with E-state index in [0.29, 0.717) is 5.58 Å². The first-order valence-corrected chi connectivity index (χ1v) is 4.74. The maximum Gasteiger partial charge on any atom is 0.177 e. The molecular formula is C11H13FN2O. The predicted molar refractivity (Wildman–Crippen MR) is 57.1 cm³/mol. The lowest BCUT2D eigenvalue weighted by Gasteiger charge is -2.18. The van der Waals surface area contributed by atoms with E-state index in [9.17, 15) is 4.39 Å². The van der Waals surface area contributed by atoms with E-state index in [1.165, 1.54) is 6.07 Å². The van der Waals surface area contributed by atoms with Crippen molar-refractivity contribution in [3.8, 4) is 0 Å². The maximum absolute atomic E-state index is 13.7. The van der Waals surface area contributed by atoms with Crippen LogP contribution in [0.3, 0.4) is 0 Å². The Morgan fingerprint density at radius 2 is 2.00 bits per heavy atom. The van der Waals surface area contributed by atoms with E-state index in [1.807, 2.05) is 20.8 Å². The standard InChI is InChI=1S/C11H13FN2O/c1-11(2,3)6-4-7(12)9-8(5-6)15-14-10(9)13/h4-5H,1-3H3,(H2,13,14). The third kappa shape index (κ3) is 1.56. The van der Waals surface area contributed by atoms with Gasteiger partial charge in [-0.15, -0.1) is 0 Å². The van der Waals surface area contributed by atoms with E-state index >= 15 is 0 Å². The number of fused-ring (bicyclic) bond motifs is 1. The predicted octanol–water partition coefficient (Wildman–Crippen LogP) is 2.85. The largest absolute Gasteiger partial charge is 0.380 e. The van der Waals surface area contributed by atoms with Crippen LogP contribution in [0, 0.1) is 5.82 Å². The Morgan fingerprint density at radius 1 is 1.33 bits per heavy atom. The van der Waals surface area contributed by atoms with Crippen molar-refractivity contribution in [3.05, 3.63) is 23.5 Å². The van der Waals surface area contributed by atoms with Crippen molar-refractivity contribution in [2.75, 3.05) is 5.73 Å². The van der Waals surface area contributed by atoms with E-state index in [4.69, 9.17) is 10.3 Å². The molecule has 0 spiro atoms. The van der Waals surface area contributed by atoms with Gasteiger partial charge < -0.3 is 10.3 Å². The molecule has 0 aliphatic rings. The van der Waals surface area contributed by atoms with Crippen molar-refractivity contribution < 1.29 is 8.91 Å². The van der Waals surface area contributed by atoms with Crippen LogP contribution < -0.4 is 5.73 Å². The first-order valence-electron chi connectivity index (χ1n) is 4.74. The number of benzene rings is 1. The van der Waals surface area contributed by atoms with Crippen LogP contribution in [0.4, 0.5) is 10.2 Å². The smallest absolute Gasteiger partial charge is 0.177 e. The highest BCUT2D eigenvalue weighted by Crippen LogP contribution is 2.30. The van der Waals surface area contributed by atoms with Crippen LogP contribution in [-0.4, -0.2) is 5.16 Å². The third-order valence-electron chi connectivity index (χ3n) is 2.42. The Hall–Kier alpha value is -1.58. The molecule has 2 N–H and O–H groups in total. The number of rotatable bonds is 0. The highest BCUT2D eigenvalue weighted by atomic mass is 19.1. The van der Waals surface area contributed by atoms with Gasteiger partial charge in [-0.25, -0.2) is 4.39 Å². The fourth-order valence-corrected chi connectivity index (χ4v) is 1.48. The van der Waals surface area contributed by atoms with Gasteiger partial charge in [0.2, 0.25) is 0 Å². The zero-order chi connectivity index (χ0) is 11.2. The lowest BCUT2D eigenvalue weighted by atomic mass is 9.86. The monoisotopic (exact) mass is 208 g/mol. The van der Waals surface area contributed by atoms with E-state index in [1.54, 1.807) is 6.07 Å². The van der Waals surface area contributed by atoms with Gasteiger partial charge in [0, 0.05) is 0 Å². The van der Waals surface area contributed by atoms with Crippen molar-refractivity contribution in [1.82, 2.24) is 5.16 Å². The molecule has 0 radical (unpaired) electrons. The zero-order valence-corrected chi connectivity index (χ0v) is 8.97. The first-order chi connectivity index (χ1) is 6.89. The molecule has 0 atom stereocenters. The molecule has 4 heteroatoms. The summed E-state index contributed by atoms with van der Waals surface area (Å²) < 4.78 is 18.6. The van der Waals surface area contributed by atoms with Crippen LogP contribution in [0.5, 0.6) is 0 Å². The van der Waals surface area contributed by atoms with Crippen molar-refractivity contribution in [1.29, 1.82) is 0 Å². The van der Waals surface area contributed by atoms with E-state index in [-0.39, 0.29) is 22.4 Å². The number of nitrogen functional groups attached to an aromatic ring is 1. The fourth-order valence-electron chi connectivity index (χ4n) is 1.48. The van der Waals surface area contributed by atoms with E-state index in [2.05, 4.69) is 5.16 Å². The molecule has 15 heavy (non-hydrogen) atoms. The third-order valence-corrected chi connectivity index (χ3v) is 2.42. The second kappa shape index (κ2) is 2.95. The molecule has 0 aliphatic heterocycles. The lowest BCUT2D eigenvalue weighted by molar-refractivity contribution is 0.459. The molecule has 80 valence electrons. The Kier molecular flexibility index (Phi) is 1.96. The average molecular weight is 208 g/mol. The minimum absolute atomic E-state index is 0.1000. The quantitative estimate of drug-likeness (QED) is 0.724. The number of anilines is 1. The molecule has 2 aromatic rings. The number of nitrogens with two attached hydrogens (primary N) is 1. The molecular weight excluding hydrogens is 195 g/mol. The molecule has 0 fully saturated rings. The van der Waals surface area contributed by atoms with Gasteiger partial charge in [-0.05, 0) is 23.1 Å². The minimum Gasteiger partial charge on any atom is -0.380 e. The topological polar surface area (TPSA) is 52.0 Å². The number of aromatic nitrogens is 1. The van der Waals surface area contributed by atoms with Crippen molar-refractivity contribution in [3.63, 3.8) is 0 Å². The molecule has 1 heterocycles. The van der Waals surface area contributed by atoms with Gasteiger partial charge >= 0.3 is 0 Å². The molecule has 1 aromatic heterocycles. The number of halogens is 1. The Morgan fingerprint density at radius 3 is 2.60 bits per heavy atom. The van der Waals surface area contributed by atoms with Crippen LogP contribution in [-0.2, 0) is 5.41 Å². The lowest BCUT2D eigenvalue weighted by Crippen LogP contribution is -2.11. The van der Waals surface area contributed by atoms with Crippen LogP contribution in [0.2, 0.25) is 0 Å². The van der Waals surface area contributed by atoms with Crippen LogP contribution >= 0.6 is 0 Å². The summed E-state index contributed by atoms with van der Waals surface area (Å²) in [5.74, 6) is -0.279. The Bertz CT molecular complexity index is 511. The number of hydrogen-bond donors (Lipinski definition) is 1. The van der Waals surface area contributed by atoms with Crippen LogP contribution in [0.25, 0.3) is 11.0 Å². The molecule has 0 saturated heterocycles. The highest BCUT2D eigenvalue weighted by molar-refractivity contribution is 5.88. The molecule has 0 amide bonds. The van der Waals surface area contributed by atoms with Crippen LogP contribution in [0.15, 0.2) is 16.7 Å². The van der Waals surface area contributed by atoms with Crippen LogP contribution in [0.1, 0.15) is 26.3 Å². The molecule has 0 aliphatic carbocycles. The fraction of sp³-hybridized carbons (Fsp3) is 0.364. The number of hydrogen-bond acceptors (Lipinski definition) is 3. The van der Waals surface area contributed by atoms with Gasteiger partial charge in [0.1, 0.15) is 11.2 Å². The molecule has 0 unspecified atom stereocenters. The first kappa shape index (κ1) is 9.96. The zero-order valence-electron chi connectivity index (χ0n) is 8.97. The second-order valence-corrected chi connectivity index (χ2v) is 4.65. The number of nitrogens with zero attached hydrogens (tertiary/aromatic N) is 1.